The van der Waals surface area contributed by atoms with E-state index in [0.717, 1.165) is 37.7 Å². The van der Waals surface area contributed by atoms with Gasteiger partial charge in [-0.05, 0) is 43.7 Å². The van der Waals surface area contributed by atoms with Crippen LogP contribution >= 0.6 is 0 Å². The molecular weight excluding hydrogens is 393 g/mol. The van der Waals surface area contributed by atoms with E-state index in [9.17, 15) is 22.8 Å². The summed E-state index contributed by atoms with van der Waals surface area (Å²) in [6, 6.07) is 3.84. The second kappa shape index (κ2) is 9.57. The number of pyridine rings is 1. The summed E-state index contributed by atoms with van der Waals surface area (Å²) >= 11 is 0. The number of alkyl halides is 3. The number of hydrogen-bond acceptors (Lipinski definition) is 4. The lowest BCUT2D eigenvalue weighted by Crippen LogP contribution is -2.50. The quantitative estimate of drug-likeness (QED) is 0.602. The lowest BCUT2D eigenvalue weighted by molar-refractivity contribution is -0.192. The van der Waals surface area contributed by atoms with E-state index in [-0.39, 0.29) is 23.5 Å². The first-order valence-electron chi connectivity index (χ1n) is 9.14. The van der Waals surface area contributed by atoms with Crippen molar-refractivity contribution in [2.45, 2.75) is 62.8 Å². The van der Waals surface area contributed by atoms with Gasteiger partial charge in [-0.2, -0.15) is 13.2 Å². The number of urea groups is 1. The van der Waals surface area contributed by atoms with Gasteiger partial charge in [-0.3, -0.25) is 9.78 Å². The average Bonchev–Trinajstić information content (AvgIpc) is 3.03. The van der Waals surface area contributed by atoms with Crippen LogP contribution in [-0.4, -0.2) is 45.8 Å². The van der Waals surface area contributed by atoms with Crippen molar-refractivity contribution in [3.63, 3.8) is 0 Å². The molecule has 0 aromatic carbocycles. The van der Waals surface area contributed by atoms with Crippen molar-refractivity contribution in [1.29, 1.82) is 0 Å². The first-order valence-corrected chi connectivity index (χ1v) is 9.14. The van der Waals surface area contributed by atoms with E-state index in [2.05, 4.69) is 20.9 Å². The van der Waals surface area contributed by atoms with E-state index >= 15 is 0 Å². The predicted molar refractivity (Wildman–Crippen MR) is 95.7 cm³/mol. The molecule has 29 heavy (non-hydrogen) atoms. The van der Waals surface area contributed by atoms with Gasteiger partial charge < -0.3 is 21.1 Å². The van der Waals surface area contributed by atoms with E-state index in [1.165, 1.54) is 0 Å². The van der Waals surface area contributed by atoms with Crippen molar-refractivity contribution in [1.82, 2.24) is 20.9 Å². The van der Waals surface area contributed by atoms with Gasteiger partial charge in [0, 0.05) is 36.9 Å². The first-order chi connectivity index (χ1) is 13.6. The second-order valence-corrected chi connectivity index (χ2v) is 7.09. The number of nitrogens with one attached hydrogen (secondary N) is 3. The Balaban J connectivity index is 0.000000370. The highest BCUT2D eigenvalue weighted by molar-refractivity contribution is 5.79. The summed E-state index contributed by atoms with van der Waals surface area (Å²) in [7, 11) is 0. The fourth-order valence-electron chi connectivity index (χ4n) is 3.38. The Kier molecular flexibility index (Phi) is 7.40. The van der Waals surface area contributed by atoms with Crippen LogP contribution in [0, 0.1) is 0 Å². The maximum Gasteiger partial charge on any atom is 0.490 e. The smallest absolute Gasteiger partial charge is 0.475 e. The van der Waals surface area contributed by atoms with Crippen LogP contribution < -0.4 is 16.0 Å². The molecule has 1 aromatic rings. The minimum atomic E-state index is -5.08. The fourth-order valence-corrected chi connectivity index (χ4v) is 3.38. The fraction of sp³-hybridized carbons (Fsp3) is 0.556. The molecular formula is C18H23F3N4O4. The third-order valence-corrected chi connectivity index (χ3v) is 4.93. The van der Waals surface area contributed by atoms with Gasteiger partial charge in [0.1, 0.15) is 0 Å². The van der Waals surface area contributed by atoms with Crippen LogP contribution in [-0.2, 0) is 16.1 Å². The van der Waals surface area contributed by atoms with Crippen LogP contribution in [0.2, 0.25) is 0 Å². The van der Waals surface area contributed by atoms with Crippen LogP contribution in [0.4, 0.5) is 18.0 Å². The molecule has 2 aliphatic rings. The summed E-state index contributed by atoms with van der Waals surface area (Å²) in [5.41, 5.74) is 0.982. The molecule has 0 unspecified atom stereocenters. The highest BCUT2D eigenvalue weighted by Crippen LogP contribution is 2.35. The zero-order chi connectivity index (χ0) is 21.5. The molecule has 1 saturated heterocycles. The zero-order valence-electron chi connectivity index (χ0n) is 15.6. The molecule has 1 aliphatic carbocycles. The molecule has 1 spiro atoms. The van der Waals surface area contributed by atoms with Gasteiger partial charge in [-0.15, -0.1) is 0 Å². The molecule has 0 radical (unpaired) electrons. The van der Waals surface area contributed by atoms with E-state index in [4.69, 9.17) is 9.90 Å². The highest BCUT2D eigenvalue weighted by Gasteiger charge is 2.40. The minimum absolute atomic E-state index is 0.00144. The second-order valence-electron chi connectivity index (χ2n) is 7.09. The van der Waals surface area contributed by atoms with Gasteiger partial charge in [-0.25, -0.2) is 9.59 Å². The first kappa shape index (κ1) is 22.4. The molecule has 4 N–H and O–H groups in total. The van der Waals surface area contributed by atoms with Gasteiger partial charge in [0.2, 0.25) is 5.91 Å². The van der Waals surface area contributed by atoms with Gasteiger partial charge in [0.25, 0.3) is 0 Å². The normalized spacial score (nSPS) is 23.6. The topological polar surface area (TPSA) is 120 Å². The number of carbonyl (C=O) groups excluding carboxylic acids is 2. The highest BCUT2D eigenvalue weighted by atomic mass is 19.4. The molecule has 3 rings (SSSR count). The number of carbonyl (C=O) groups is 3. The summed E-state index contributed by atoms with van der Waals surface area (Å²) < 4.78 is 31.7. The van der Waals surface area contributed by atoms with Crippen LogP contribution in [0.3, 0.4) is 0 Å². The molecule has 1 saturated carbocycles. The number of nitrogens with zero attached hydrogens (tertiary/aromatic N) is 1. The Morgan fingerprint density at radius 3 is 2.41 bits per heavy atom. The summed E-state index contributed by atoms with van der Waals surface area (Å²) in [4.78, 5) is 36.3. The number of carboxylic acids is 1. The average molecular weight is 416 g/mol. The number of aromatic nitrogens is 1. The van der Waals surface area contributed by atoms with Gasteiger partial charge in [-0.1, -0.05) is 6.07 Å². The van der Waals surface area contributed by atoms with Crippen molar-refractivity contribution in [2.24, 2.45) is 0 Å². The van der Waals surface area contributed by atoms with Crippen molar-refractivity contribution >= 4 is 17.9 Å². The Hall–Kier alpha value is -2.85. The zero-order valence-corrected chi connectivity index (χ0v) is 15.6. The molecule has 11 heteroatoms. The minimum Gasteiger partial charge on any atom is -0.475 e. The maximum atomic E-state index is 11.9. The van der Waals surface area contributed by atoms with E-state index < -0.39 is 12.1 Å². The standard InChI is InChI=1S/C16H22N4O2.C2HF3O2/c21-14-5-8-16(20-14)6-3-13(4-7-16)19-15(22)18-11-12-2-1-9-17-10-12;3-2(4,5)1(6)7/h1-2,9-10,13H,3-8,11H2,(H,20,21)(H2,18,19,22);(H,6,7). The summed E-state index contributed by atoms with van der Waals surface area (Å²) in [6.07, 6.45) is 3.69. The van der Waals surface area contributed by atoms with Gasteiger partial charge in [0.15, 0.2) is 0 Å². The number of carboxylic acid groups (broad SMARTS) is 1. The van der Waals surface area contributed by atoms with Gasteiger partial charge >= 0.3 is 18.2 Å². The lowest BCUT2D eigenvalue weighted by atomic mass is 9.78. The van der Waals surface area contributed by atoms with Crippen molar-refractivity contribution in [2.75, 3.05) is 0 Å². The van der Waals surface area contributed by atoms with Crippen molar-refractivity contribution in [3.8, 4) is 0 Å². The van der Waals surface area contributed by atoms with Crippen LogP contribution in [0.15, 0.2) is 24.5 Å². The maximum absolute atomic E-state index is 11.9. The van der Waals surface area contributed by atoms with E-state index in [0.29, 0.717) is 13.0 Å². The number of rotatable bonds is 3. The largest absolute Gasteiger partial charge is 0.490 e. The summed E-state index contributed by atoms with van der Waals surface area (Å²) in [5, 5.41) is 16.1. The molecule has 0 atom stereocenters. The third kappa shape index (κ3) is 7.24. The Morgan fingerprint density at radius 1 is 1.28 bits per heavy atom. The third-order valence-electron chi connectivity index (χ3n) is 4.93. The van der Waals surface area contributed by atoms with Crippen LogP contribution in [0.1, 0.15) is 44.1 Å². The Labute approximate surface area is 165 Å². The molecule has 1 aliphatic heterocycles. The Bertz CT molecular complexity index is 720. The molecule has 2 fully saturated rings. The van der Waals surface area contributed by atoms with Gasteiger partial charge in [0.05, 0.1) is 0 Å². The number of aliphatic carboxylic acids is 1. The Morgan fingerprint density at radius 2 is 1.93 bits per heavy atom. The lowest BCUT2D eigenvalue weighted by Gasteiger charge is -2.37. The number of halogens is 3. The predicted octanol–water partition coefficient (Wildman–Crippen LogP) is 2.11. The molecule has 3 amide bonds. The van der Waals surface area contributed by atoms with Crippen LogP contribution in [0.25, 0.3) is 0 Å². The summed E-state index contributed by atoms with van der Waals surface area (Å²) in [5.74, 6) is -2.59. The summed E-state index contributed by atoms with van der Waals surface area (Å²) in [6.45, 7) is 0.479. The van der Waals surface area contributed by atoms with Crippen molar-refractivity contribution in [3.05, 3.63) is 30.1 Å². The number of hydrogen-bond donors (Lipinski definition) is 4. The van der Waals surface area contributed by atoms with Crippen molar-refractivity contribution < 1.29 is 32.7 Å². The molecule has 1 aromatic heterocycles. The van der Waals surface area contributed by atoms with E-state index in [1.54, 1.807) is 12.4 Å². The molecule has 0 bridgehead atoms. The monoisotopic (exact) mass is 416 g/mol. The number of amides is 3. The molecule has 2 heterocycles. The molecule has 160 valence electrons. The molecule has 8 nitrogen and oxygen atoms in total. The van der Waals surface area contributed by atoms with E-state index in [1.807, 2.05) is 12.1 Å². The SMILES string of the molecule is O=C(O)C(F)(F)F.O=C1CCC2(CCC(NC(=O)NCc3cccnc3)CC2)N1. The van der Waals surface area contributed by atoms with Crippen LogP contribution in [0.5, 0.6) is 0 Å².